The first kappa shape index (κ1) is 22.1. The van der Waals surface area contributed by atoms with E-state index in [0.717, 1.165) is 25.7 Å². The van der Waals surface area contributed by atoms with Crippen LogP contribution in [-0.4, -0.2) is 47.3 Å². The first-order valence-corrected chi connectivity index (χ1v) is 8.47. The first-order valence-electron chi connectivity index (χ1n) is 8.47. The van der Waals surface area contributed by atoms with Crippen LogP contribution in [0, 0.1) is 0 Å². The van der Waals surface area contributed by atoms with Crippen molar-refractivity contribution in [1.29, 1.82) is 0 Å². The van der Waals surface area contributed by atoms with Crippen molar-refractivity contribution in [1.82, 2.24) is 4.90 Å². The average molecular weight is 342 g/mol. The van der Waals surface area contributed by atoms with Gasteiger partial charge in [-0.05, 0) is 45.6 Å². The van der Waals surface area contributed by atoms with Crippen molar-refractivity contribution in [2.45, 2.75) is 71.3 Å². The van der Waals surface area contributed by atoms with Crippen LogP contribution in [0.25, 0.3) is 10.4 Å². The predicted molar refractivity (Wildman–Crippen MR) is 91.8 cm³/mol. The highest BCUT2D eigenvalue weighted by molar-refractivity contribution is 5.68. The van der Waals surface area contributed by atoms with Gasteiger partial charge in [0.1, 0.15) is 5.60 Å². The SMILES string of the molecule is CC(C)(C)OC(=O)N(CCCCCCCC(=O)O)CCCN=[N+]=[N-]. The van der Waals surface area contributed by atoms with Gasteiger partial charge in [-0.1, -0.05) is 24.4 Å². The van der Waals surface area contributed by atoms with Crippen LogP contribution < -0.4 is 0 Å². The number of amides is 1. The number of hydrogen-bond donors (Lipinski definition) is 1. The quantitative estimate of drug-likeness (QED) is 0.245. The van der Waals surface area contributed by atoms with Crippen molar-refractivity contribution in [2.75, 3.05) is 19.6 Å². The van der Waals surface area contributed by atoms with Gasteiger partial charge in [0.05, 0.1) is 0 Å². The number of nitrogens with zero attached hydrogens (tertiary/aromatic N) is 4. The minimum absolute atomic E-state index is 0.212. The minimum Gasteiger partial charge on any atom is -0.481 e. The maximum atomic E-state index is 12.2. The van der Waals surface area contributed by atoms with Crippen LogP contribution in [0.3, 0.4) is 0 Å². The molecule has 138 valence electrons. The van der Waals surface area contributed by atoms with E-state index in [4.69, 9.17) is 15.4 Å². The summed E-state index contributed by atoms with van der Waals surface area (Å²) in [5, 5.41) is 12.1. The monoisotopic (exact) mass is 342 g/mol. The number of carbonyl (C=O) groups excluding carboxylic acids is 1. The standard InChI is InChI=1S/C16H30N4O4/c1-16(2,3)24-15(23)20(13-9-11-18-19-17)12-8-6-4-5-7-10-14(21)22/h4-13H2,1-3H3,(H,21,22). The van der Waals surface area contributed by atoms with Crippen molar-refractivity contribution >= 4 is 12.1 Å². The molecule has 0 aliphatic rings. The Morgan fingerprint density at radius 3 is 2.25 bits per heavy atom. The molecule has 0 fully saturated rings. The van der Waals surface area contributed by atoms with E-state index in [1.807, 2.05) is 20.8 Å². The Bertz CT molecular complexity index is 428. The van der Waals surface area contributed by atoms with E-state index in [2.05, 4.69) is 10.0 Å². The molecule has 24 heavy (non-hydrogen) atoms. The summed E-state index contributed by atoms with van der Waals surface area (Å²) in [7, 11) is 0. The maximum Gasteiger partial charge on any atom is 0.410 e. The molecule has 0 aromatic heterocycles. The van der Waals surface area contributed by atoms with Crippen LogP contribution >= 0.6 is 0 Å². The highest BCUT2D eigenvalue weighted by Gasteiger charge is 2.21. The molecule has 0 saturated carbocycles. The second kappa shape index (κ2) is 12.5. The molecule has 1 N–H and O–H groups in total. The number of carboxylic acid groups (broad SMARTS) is 1. The van der Waals surface area contributed by atoms with Crippen molar-refractivity contribution in [3.8, 4) is 0 Å². The molecule has 0 aliphatic heterocycles. The Morgan fingerprint density at radius 1 is 1.08 bits per heavy atom. The van der Waals surface area contributed by atoms with Gasteiger partial charge in [0, 0.05) is 31.0 Å². The van der Waals surface area contributed by atoms with Gasteiger partial charge in [-0.3, -0.25) is 4.79 Å². The van der Waals surface area contributed by atoms with Crippen molar-refractivity contribution in [3.05, 3.63) is 10.4 Å². The Balaban J connectivity index is 4.16. The van der Waals surface area contributed by atoms with Crippen molar-refractivity contribution in [3.63, 3.8) is 0 Å². The number of carbonyl (C=O) groups is 2. The summed E-state index contributed by atoms with van der Waals surface area (Å²) in [6.07, 6.45) is 4.77. The van der Waals surface area contributed by atoms with Gasteiger partial charge >= 0.3 is 12.1 Å². The molecule has 0 atom stereocenters. The van der Waals surface area contributed by atoms with E-state index < -0.39 is 11.6 Å². The molecular weight excluding hydrogens is 312 g/mol. The van der Waals surface area contributed by atoms with Crippen LogP contribution in [0.2, 0.25) is 0 Å². The molecule has 0 rings (SSSR count). The number of hydrogen-bond acceptors (Lipinski definition) is 4. The minimum atomic E-state index is -0.758. The molecule has 1 amide bonds. The Hall–Kier alpha value is -1.95. The lowest BCUT2D eigenvalue weighted by Gasteiger charge is -2.27. The summed E-state index contributed by atoms with van der Waals surface area (Å²) in [6, 6.07) is 0. The summed E-state index contributed by atoms with van der Waals surface area (Å²) in [5.41, 5.74) is 7.74. The Morgan fingerprint density at radius 2 is 1.67 bits per heavy atom. The molecule has 0 aromatic rings. The number of aliphatic carboxylic acids is 1. The second-order valence-corrected chi connectivity index (χ2v) is 6.69. The summed E-state index contributed by atoms with van der Waals surface area (Å²) < 4.78 is 5.40. The lowest BCUT2D eigenvalue weighted by molar-refractivity contribution is -0.137. The zero-order chi connectivity index (χ0) is 18.4. The molecule has 8 nitrogen and oxygen atoms in total. The van der Waals surface area contributed by atoms with Gasteiger partial charge in [-0.25, -0.2) is 4.79 Å². The first-order chi connectivity index (χ1) is 11.3. The summed E-state index contributed by atoms with van der Waals surface area (Å²) >= 11 is 0. The van der Waals surface area contributed by atoms with Gasteiger partial charge < -0.3 is 14.7 Å². The normalized spacial score (nSPS) is 10.8. The molecule has 0 aliphatic carbocycles. The van der Waals surface area contributed by atoms with Crippen LogP contribution in [0.5, 0.6) is 0 Å². The summed E-state index contributed by atoms with van der Waals surface area (Å²) in [5.74, 6) is -0.758. The molecule has 0 heterocycles. The third kappa shape index (κ3) is 13.7. The number of carboxylic acids is 1. The van der Waals surface area contributed by atoms with E-state index >= 15 is 0 Å². The van der Waals surface area contributed by atoms with Gasteiger partial charge in [-0.2, -0.15) is 0 Å². The highest BCUT2D eigenvalue weighted by atomic mass is 16.6. The third-order valence-corrected chi connectivity index (χ3v) is 3.22. The lowest BCUT2D eigenvalue weighted by Crippen LogP contribution is -2.38. The van der Waals surface area contributed by atoms with Crippen LogP contribution in [0.15, 0.2) is 5.11 Å². The smallest absolute Gasteiger partial charge is 0.410 e. The second-order valence-electron chi connectivity index (χ2n) is 6.69. The number of rotatable bonds is 12. The maximum absolute atomic E-state index is 12.2. The Labute approximate surface area is 143 Å². The predicted octanol–water partition coefficient (Wildman–Crippen LogP) is 4.35. The van der Waals surface area contributed by atoms with E-state index in [0.29, 0.717) is 32.5 Å². The molecule has 0 saturated heterocycles. The van der Waals surface area contributed by atoms with E-state index in [9.17, 15) is 9.59 Å². The summed E-state index contributed by atoms with van der Waals surface area (Å²) in [4.78, 5) is 27.0. The largest absolute Gasteiger partial charge is 0.481 e. The topological polar surface area (TPSA) is 116 Å². The summed E-state index contributed by atoms with van der Waals surface area (Å²) in [6.45, 7) is 6.91. The van der Waals surface area contributed by atoms with Gasteiger partial charge in [-0.15, -0.1) is 0 Å². The lowest BCUT2D eigenvalue weighted by atomic mass is 10.1. The van der Waals surface area contributed by atoms with Gasteiger partial charge in [0.15, 0.2) is 0 Å². The average Bonchev–Trinajstić information content (AvgIpc) is 2.46. The fourth-order valence-corrected chi connectivity index (χ4v) is 2.11. The fraction of sp³-hybridized carbons (Fsp3) is 0.875. The van der Waals surface area contributed by atoms with E-state index in [1.54, 1.807) is 4.90 Å². The molecular formula is C16H30N4O4. The van der Waals surface area contributed by atoms with Gasteiger partial charge in [0.25, 0.3) is 0 Å². The van der Waals surface area contributed by atoms with Crippen molar-refractivity contribution in [2.24, 2.45) is 5.11 Å². The third-order valence-electron chi connectivity index (χ3n) is 3.22. The zero-order valence-electron chi connectivity index (χ0n) is 15.0. The van der Waals surface area contributed by atoms with Crippen LogP contribution in [0.1, 0.15) is 65.7 Å². The van der Waals surface area contributed by atoms with E-state index in [1.165, 1.54) is 0 Å². The molecule has 8 heteroatoms. The number of unbranched alkanes of at least 4 members (excludes halogenated alkanes) is 4. The highest BCUT2D eigenvalue weighted by Crippen LogP contribution is 2.12. The van der Waals surface area contributed by atoms with Crippen LogP contribution in [-0.2, 0) is 9.53 Å². The fourth-order valence-electron chi connectivity index (χ4n) is 2.11. The van der Waals surface area contributed by atoms with Crippen LogP contribution in [0.4, 0.5) is 4.79 Å². The number of azide groups is 1. The zero-order valence-corrected chi connectivity index (χ0v) is 15.0. The van der Waals surface area contributed by atoms with Crippen molar-refractivity contribution < 1.29 is 19.4 Å². The molecule has 0 unspecified atom stereocenters. The molecule has 0 spiro atoms. The molecule has 0 aromatic carbocycles. The van der Waals surface area contributed by atoms with E-state index in [-0.39, 0.29) is 12.5 Å². The molecule has 0 radical (unpaired) electrons. The van der Waals surface area contributed by atoms with Gasteiger partial charge in [0.2, 0.25) is 0 Å². The Kier molecular flexibility index (Phi) is 11.5. The molecule has 0 bridgehead atoms. The number of ether oxygens (including phenoxy) is 1.